The van der Waals surface area contributed by atoms with E-state index in [4.69, 9.17) is 0 Å². The van der Waals surface area contributed by atoms with Crippen LogP contribution >= 0.6 is 11.3 Å². The molecule has 2 aromatic rings. The van der Waals surface area contributed by atoms with E-state index in [1.54, 1.807) is 0 Å². The van der Waals surface area contributed by atoms with Gasteiger partial charge in [-0.05, 0) is 42.3 Å². The molecule has 0 amide bonds. The second kappa shape index (κ2) is 6.91. The molecule has 0 saturated carbocycles. The Hall–Kier alpha value is -1.32. The molecule has 0 atom stereocenters. The monoisotopic (exact) mass is 286 g/mol. The number of thiophene rings is 1. The van der Waals surface area contributed by atoms with Gasteiger partial charge in [0.15, 0.2) is 0 Å². The van der Waals surface area contributed by atoms with Gasteiger partial charge in [0, 0.05) is 36.7 Å². The number of hydrogen-bond acceptors (Lipinski definition) is 3. The average Bonchev–Trinajstić information content (AvgIpc) is 3.17. The van der Waals surface area contributed by atoms with Crippen molar-refractivity contribution in [3.8, 4) is 0 Å². The normalized spacial score (nSPS) is 14.9. The molecule has 2 nitrogen and oxygen atoms in total. The van der Waals surface area contributed by atoms with Crippen LogP contribution in [0, 0.1) is 0 Å². The van der Waals surface area contributed by atoms with Gasteiger partial charge in [0.2, 0.25) is 0 Å². The number of rotatable bonds is 6. The molecule has 0 unspecified atom stereocenters. The van der Waals surface area contributed by atoms with E-state index in [0.29, 0.717) is 0 Å². The third-order valence-electron chi connectivity index (χ3n) is 3.88. The van der Waals surface area contributed by atoms with Crippen LogP contribution in [-0.4, -0.2) is 19.6 Å². The molecule has 1 N–H and O–H groups in total. The Labute approximate surface area is 125 Å². The Morgan fingerprint density at radius 2 is 1.90 bits per heavy atom. The van der Waals surface area contributed by atoms with Crippen molar-refractivity contribution in [3.05, 3.63) is 52.2 Å². The minimum atomic E-state index is 0.970. The lowest BCUT2D eigenvalue weighted by molar-refractivity contribution is 0.689. The first-order valence-corrected chi connectivity index (χ1v) is 8.37. The van der Waals surface area contributed by atoms with Gasteiger partial charge in [-0.1, -0.05) is 24.3 Å². The number of hydrogen-bond donors (Lipinski definition) is 1. The fraction of sp³-hybridized carbons (Fsp3) is 0.412. The first kappa shape index (κ1) is 13.7. The summed E-state index contributed by atoms with van der Waals surface area (Å²) in [6.45, 7) is 4.45. The summed E-state index contributed by atoms with van der Waals surface area (Å²) in [6, 6.07) is 13.2. The second-order valence-corrected chi connectivity index (χ2v) is 6.36. The van der Waals surface area contributed by atoms with Crippen LogP contribution in [0.1, 0.15) is 23.3 Å². The van der Waals surface area contributed by atoms with Crippen molar-refractivity contribution in [3.63, 3.8) is 0 Å². The number of anilines is 1. The zero-order valence-electron chi connectivity index (χ0n) is 11.8. The van der Waals surface area contributed by atoms with E-state index < -0.39 is 0 Å². The molecule has 3 heteroatoms. The molecule has 0 aliphatic carbocycles. The van der Waals surface area contributed by atoms with Crippen LogP contribution in [0.15, 0.2) is 41.8 Å². The van der Waals surface area contributed by atoms with Crippen LogP contribution in [-0.2, 0) is 13.0 Å². The highest BCUT2D eigenvalue weighted by atomic mass is 32.1. The lowest BCUT2D eigenvalue weighted by Crippen LogP contribution is -2.22. The number of benzene rings is 1. The molecule has 0 spiro atoms. The lowest BCUT2D eigenvalue weighted by atomic mass is 10.1. The molecule has 1 aliphatic rings. The molecule has 1 aromatic carbocycles. The Balaban J connectivity index is 1.54. The van der Waals surface area contributed by atoms with Crippen LogP contribution in [0.2, 0.25) is 0 Å². The molecule has 2 heterocycles. The fourth-order valence-corrected chi connectivity index (χ4v) is 3.53. The molecule has 0 radical (unpaired) electrons. The van der Waals surface area contributed by atoms with E-state index in [9.17, 15) is 0 Å². The predicted molar refractivity (Wildman–Crippen MR) is 87.6 cm³/mol. The maximum Gasteiger partial charge on any atom is 0.0411 e. The highest BCUT2D eigenvalue weighted by Crippen LogP contribution is 2.24. The molecule has 106 valence electrons. The molecule has 1 aliphatic heterocycles. The molecular weight excluding hydrogens is 264 g/mol. The summed E-state index contributed by atoms with van der Waals surface area (Å²) in [5, 5.41) is 5.73. The van der Waals surface area contributed by atoms with Gasteiger partial charge in [-0.15, -0.1) is 11.3 Å². The number of nitrogens with zero attached hydrogens (tertiary/aromatic N) is 1. The largest absolute Gasteiger partial charge is 0.371 e. The zero-order chi connectivity index (χ0) is 13.6. The topological polar surface area (TPSA) is 15.3 Å². The quantitative estimate of drug-likeness (QED) is 0.815. The summed E-state index contributed by atoms with van der Waals surface area (Å²) in [6.07, 6.45) is 3.80. The van der Waals surface area contributed by atoms with Crippen LogP contribution < -0.4 is 10.2 Å². The summed E-state index contributed by atoms with van der Waals surface area (Å²) in [7, 11) is 0. The Bertz CT molecular complexity index is 516. The minimum absolute atomic E-state index is 0.970. The summed E-state index contributed by atoms with van der Waals surface area (Å²) < 4.78 is 0. The number of para-hydroxylation sites is 1. The molecule has 1 saturated heterocycles. The third-order valence-corrected chi connectivity index (χ3v) is 4.82. The lowest BCUT2D eigenvalue weighted by Gasteiger charge is -2.21. The zero-order valence-corrected chi connectivity index (χ0v) is 12.7. The summed E-state index contributed by atoms with van der Waals surface area (Å²) in [5.74, 6) is 0. The second-order valence-electron chi connectivity index (χ2n) is 5.33. The van der Waals surface area contributed by atoms with Crippen LogP contribution in [0.4, 0.5) is 5.69 Å². The molecule has 3 rings (SSSR count). The van der Waals surface area contributed by atoms with Gasteiger partial charge in [0.05, 0.1) is 0 Å². The molecule has 1 fully saturated rings. The molecular formula is C17H22N2S. The maximum atomic E-state index is 3.58. The molecule has 1 aromatic heterocycles. The molecule has 0 bridgehead atoms. The van der Waals surface area contributed by atoms with Crippen LogP contribution in [0.5, 0.6) is 0 Å². The van der Waals surface area contributed by atoms with Crippen molar-refractivity contribution >= 4 is 17.0 Å². The summed E-state index contributed by atoms with van der Waals surface area (Å²) >= 11 is 1.84. The van der Waals surface area contributed by atoms with Crippen molar-refractivity contribution in [2.75, 3.05) is 24.5 Å². The smallest absolute Gasteiger partial charge is 0.0411 e. The van der Waals surface area contributed by atoms with Gasteiger partial charge < -0.3 is 10.2 Å². The van der Waals surface area contributed by atoms with E-state index in [-0.39, 0.29) is 0 Å². The Kier molecular flexibility index (Phi) is 4.72. The average molecular weight is 286 g/mol. The SMILES string of the molecule is c1csc(CCNCc2ccccc2N2CCCC2)c1. The Morgan fingerprint density at radius 3 is 2.70 bits per heavy atom. The van der Waals surface area contributed by atoms with Crippen LogP contribution in [0.25, 0.3) is 0 Å². The predicted octanol–water partition coefficient (Wildman–Crippen LogP) is 3.68. The first-order valence-electron chi connectivity index (χ1n) is 7.49. The highest BCUT2D eigenvalue weighted by molar-refractivity contribution is 7.09. The molecule has 20 heavy (non-hydrogen) atoms. The summed E-state index contributed by atoms with van der Waals surface area (Å²) in [5.41, 5.74) is 2.86. The third kappa shape index (κ3) is 3.41. The maximum absolute atomic E-state index is 3.58. The van der Waals surface area contributed by atoms with Gasteiger partial charge >= 0.3 is 0 Å². The van der Waals surface area contributed by atoms with E-state index in [1.807, 2.05) is 11.3 Å². The van der Waals surface area contributed by atoms with E-state index in [2.05, 4.69) is 52.0 Å². The van der Waals surface area contributed by atoms with Gasteiger partial charge in [-0.25, -0.2) is 0 Å². The first-order chi connectivity index (χ1) is 9.93. The summed E-state index contributed by atoms with van der Waals surface area (Å²) in [4.78, 5) is 3.99. The number of nitrogens with one attached hydrogen (secondary N) is 1. The highest BCUT2D eigenvalue weighted by Gasteiger charge is 2.14. The van der Waals surface area contributed by atoms with Crippen molar-refractivity contribution in [1.82, 2.24) is 5.32 Å². The van der Waals surface area contributed by atoms with Crippen molar-refractivity contribution in [1.29, 1.82) is 0 Å². The van der Waals surface area contributed by atoms with Gasteiger partial charge in [-0.3, -0.25) is 0 Å². The Morgan fingerprint density at radius 1 is 1.05 bits per heavy atom. The van der Waals surface area contributed by atoms with E-state index in [0.717, 1.165) is 19.5 Å². The van der Waals surface area contributed by atoms with Gasteiger partial charge in [0.1, 0.15) is 0 Å². The fourth-order valence-electron chi connectivity index (χ4n) is 2.82. The van der Waals surface area contributed by atoms with E-state index in [1.165, 1.54) is 42.1 Å². The standard InChI is InChI=1S/C17H22N2S/c1-2-8-17(19-11-3-4-12-19)15(6-1)14-18-10-9-16-7-5-13-20-16/h1-2,5-8,13,18H,3-4,9-12,14H2. The van der Waals surface area contributed by atoms with Crippen molar-refractivity contribution in [2.24, 2.45) is 0 Å². The van der Waals surface area contributed by atoms with Gasteiger partial charge in [-0.2, -0.15) is 0 Å². The van der Waals surface area contributed by atoms with Gasteiger partial charge in [0.25, 0.3) is 0 Å². The van der Waals surface area contributed by atoms with Crippen LogP contribution in [0.3, 0.4) is 0 Å². The minimum Gasteiger partial charge on any atom is -0.371 e. The van der Waals surface area contributed by atoms with Crippen molar-refractivity contribution in [2.45, 2.75) is 25.8 Å². The van der Waals surface area contributed by atoms with E-state index >= 15 is 0 Å². The van der Waals surface area contributed by atoms with Crippen molar-refractivity contribution < 1.29 is 0 Å².